The number of hydrogen-bond donors (Lipinski definition) is 3. The van der Waals surface area contributed by atoms with Crippen molar-refractivity contribution in [2.24, 2.45) is 0 Å². The van der Waals surface area contributed by atoms with E-state index in [1.165, 1.54) is 7.11 Å². The van der Waals surface area contributed by atoms with Crippen LogP contribution in [0.5, 0.6) is 11.5 Å². The van der Waals surface area contributed by atoms with E-state index in [-0.39, 0.29) is 17.4 Å². The molecule has 0 bridgehead atoms. The number of amides is 1. The molecule has 11 heteroatoms. The molecular formula is C20H21Cl3IN3O3S. The summed E-state index contributed by atoms with van der Waals surface area (Å²) in [7, 11) is 3.06. The van der Waals surface area contributed by atoms with Gasteiger partial charge >= 0.3 is 0 Å². The molecule has 6 nitrogen and oxygen atoms in total. The average Bonchev–Trinajstić information content (AvgIpc) is 2.69. The number of thiocarbonyl (C=S) groups is 1. The van der Waals surface area contributed by atoms with E-state index in [1.54, 1.807) is 25.3 Å². The number of nitrogens with one attached hydrogen (secondary N) is 3. The molecule has 0 spiro atoms. The first-order chi connectivity index (χ1) is 14.5. The maximum absolute atomic E-state index is 12.6. The molecule has 0 fully saturated rings. The van der Waals surface area contributed by atoms with Gasteiger partial charge in [-0.1, -0.05) is 40.9 Å². The molecule has 3 N–H and O–H groups in total. The summed E-state index contributed by atoms with van der Waals surface area (Å²) in [6, 6.07) is 11.0. The fourth-order valence-electron chi connectivity index (χ4n) is 2.64. The topological polar surface area (TPSA) is 71.6 Å². The van der Waals surface area contributed by atoms with Crippen LogP contribution in [0.2, 0.25) is 0 Å². The molecule has 2 aromatic carbocycles. The molecule has 168 valence electrons. The third-order valence-corrected chi connectivity index (χ3v) is 5.74. The lowest BCUT2D eigenvalue weighted by molar-refractivity contribution is -0.121. The zero-order valence-corrected chi connectivity index (χ0v) is 22.1. The van der Waals surface area contributed by atoms with Crippen molar-refractivity contribution in [3.8, 4) is 11.5 Å². The van der Waals surface area contributed by atoms with Crippen molar-refractivity contribution in [1.82, 2.24) is 10.6 Å². The molecule has 1 amide bonds. The third-order valence-electron chi connectivity index (χ3n) is 4.19. The highest BCUT2D eigenvalue weighted by Gasteiger charge is 2.34. The van der Waals surface area contributed by atoms with Crippen molar-refractivity contribution < 1.29 is 14.3 Å². The van der Waals surface area contributed by atoms with Crippen LogP contribution in [0.3, 0.4) is 0 Å². The van der Waals surface area contributed by atoms with E-state index in [2.05, 4.69) is 38.5 Å². The van der Waals surface area contributed by atoms with Crippen molar-refractivity contribution in [1.29, 1.82) is 0 Å². The van der Waals surface area contributed by atoms with Crippen LogP contribution in [0.15, 0.2) is 36.4 Å². The van der Waals surface area contributed by atoms with Gasteiger partial charge in [0.2, 0.25) is 9.70 Å². The summed E-state index contributed by atoms with van der Waals surface area (Å²) in [4.78, 5) is 12.6. The highest BCUT2D eigenvalue weighted by atomic mass is 127. The summed E-state index contributed by atoms with van der Waals surface area (Å²) in [6.45, 7) is 1.95. The van der Waals surface area contributed by atoms with Gasteiger partial charge in [-0.15, -0.1) is 0 Å². The van der Waals surface area contributed by atoms with Gasteiger partial charge in [0.05, 0.1) is 20.6 Å². The molecule has 0 aromatic heterocycles. The SMILES string of the molecule is COc1ccc(CC(=O)NC(NC(=S)Nc2ccc(I)cc2C)C(Cl)(Cl)Cl)c(OC)c1. The van der Waals surface area contributed by atoms with Gasteiger partial charge < -0.3 is 25.4 Å². The van der Waals surface area contributed by atoms with Crippen LogP contribution in [-0.2, 0) is 11.2 Å². The fraction of sp³-hybridized carbons (Fsp3) is 0.300. The number of carbonyl (C=O) groups excluding carboxylic acids is 1. The molecule has 0 saturated carbocycles. The van der Waals surface area contributed by atoms with E-state index >= 15 is 0 Å². The lowest BCUT2D eigenvalue weighted by Gasteiger charge is -2.28. The number of anilines is 1. The number of alkyl halides is 3. The Morgan fingerprint density at radius 2 is 1.84 bits per heavy atom. The number of hydrogen-bond acceptors (Lipinski definition) is 4. The van der Waals surface area contributed by atoms with Gasteiger partial charge in [0.15, 0.2) is 5.11 Å². The lowest BCUT2D eigenvalue weighted by atomic mass is 10.1. The van der Waals surface area contributed by atoms with Gasteiger partial charge in [0, 0.05) is 20.9 Å². The molecule has 2 rings (SSSR count). The van der Waals surface area contributed by atoms with Crippen LogP contribution in [0, 0.1) is 10.5 Å². The van der Waals surface area contributed by atoms with Crippen LogP contribution < -0.4 is 25.4 Å². The van der Waals surface area contributed by atoms with Crippen molar-refractivity contribution in [3.63, 3.8) is 0 Å². The van der Waals surface area contributed by atoms with E-state index in [9.17, 15) is 4.79 Å². The summed E-state index contributed by atoms with van der Waals surface area (Å²) < 4.78 is 9.74. The van der Waals surface area contributed by atoms with Gasteiger partial charge in [-0.3, -0.25) is 4.79 Å². The van der Waals surface area contributed by atoms with Gasteiger partial charge in [0.25, 0.3) is 0 Å². The highest BCUT2D eigenvalue weighted by Crippen LogP contribution is 2.30. The highest BCUT2D eigenvalue weighted by molar-refractivity contribution is 14.1. The van der Waals surface area contributed by atoms with E-state index in [0.717, 1.165) is 14.8 Å². The van der Waals surface area contributed by atoms with Crippen molar-refractivity contribution >= 4 is 86.3 Å². The molecule has 0 aliphatic rings. The summed E-state index contributed by atoms with van der Waals surface area (Å²) >= 11 is 25.8. The summed E-state index contributed by atoms with van der Waals surface area (Å²) in [5.41, 5.74) is 2.45. The predicted octanol–water partition coefficient (Wildman–Crippen LogP) is 4.96. The first-order valence-corrected chi connectivity index (χ1v) is 11.6. The molecule has 2 aromatic rings. The average molecular weight is 617 g/mol. The second-order valence-corrected chi connectivity index (χ2v) is 10.5. The Kier molecular flexibility index (Phi) is 9.75. The smallest absolute Gasteiger partial charge is 0.228 e. The Hall–Kier alpha value is -1.20. The number of carbonyl (C=O) groups is 1. The number of benzene rings is 2. The summed E-state index contributed by atoms with van der Waals surface area (Å²) in [5, 5.41) is 8.76. The van der Waals surface area contributed by atoms with Crippen molar-refractivity contribution in [2.45, 2.75) is 23.3 Å². The summed E-state index contributed by atoms with van der Waals surface area (Å²) in [5.74, 6) is 0.740. The zero-order chi connectivity index (χ0) is 23.2. The second kappa shape index (κ2) is 11.6. The first kappa shape index (κ1) is 26.1. The number of methoxy groups -OCH3 is 2. The van der Waals surface area contributed by atoms with Crippen LogP contribution in [0.25, 0.3) is 0 Å². The molecule has 31 heavy (non-hydrogen) atoms. The minimum Gasteiger partial charge on any atom is -0.497 e. The predicted molar refractivity (Wildman–Crippen MR) is 139 cm³/mol. The molecule has 0 heterocycles. The van der Waals surface area contributed by atoms with Crippen LogP contribution in [-0.4, -0.2) is 35.2 Å². The van der Waals surface area contributed by atoms with E-state index in [0.29, 0.717) is 17.1 Å². The zero-order valence-electron chi connectivity index (χ0n) is 16.9. The van der Waals surface area contributed by atoms with Gasteiger partial charge in [-0.25, -0.2) is 0 Å². The molecule has 1 unspecified atom stereocenters. The maximum atomic E-state index is 12.6. The van der Waals surface area contributed by atoms with E-state index in [1.807, 2.05) is 25.1 Å². The molecule has 0 saturated heterocycles. The third kappa shape index (κ3) is 8.02. The Labute approximate surface area is 215 Å². The van der Waals surface area contributed by atoms with Crippen molar-refractivity contribution in [3.05, 3.63) is 51.1 Å². The quantitative estimate of drug-likeness (QED) is 0.177. The Morgan fingerprint density at radius 1 is 1.13 bits per heavy atom. The van der Waals surface area contributed by atoms with Gasteiger partial charge in [-0.05, 0) is 71.6 Å². The Bertz CT molecular complexity index is 957. The van der Waals surface area contributed by atoms with Crippen LogP contribution in [0.4, 0.5) is 5.69 Å². The fourth-order valence-corrected chi connectivity index (χ4v) is 3.84. The Balaban J connectivity index is 2.07. The van der Waals surface area contributed by atoms with E-state index < -0.39 is 9.96 Å². The molecular weight excluding hydrogens is 596 g/mol. The number of halogens is 4. The van der Waals surface area contributed by atoms with E-state index in [4.69, 9.17) is 56.5 Å². The van der Waals surface area contributed by atoms with Gasteiger partial charge in [0.1, 0.15) is 17.7 Å². The van der Waals surface area contributed by atoms with Gasteiger partial charge in [-0.2, -0.15) is 0 Å². The number of aryl methyl sites for hydroxylation is 1. The Morgan fingerprint density at radius 3 is 2.42 bits per heavy atom. The molecule has 0 aliphatic heterocycles. The monoisotopic (exact) mass is 615 g/mol. The van der Waals surface area contributed by atoms with Crippen molar-refractivity contribution in [2.75, 3.05) is 19.5 Å². The minimum absolute atomic E-state index is 0.00250. The molecule has 0 radical (unpaired) electrons. The number of ether oxygens (including phenoxy) is 2. The van der Waals surface area contributed by atoms with Crippen LogP contribution in [0.1, 0.15) is 11.1 Å². The standard InChI is InChI=1S/C20H21Cl3IN3O3S/c1-11-8-13(24)5-7-15(11)25-19(31)27-18(20(21,22)23)26-17(28)9-12-4-6-14(29-2)10-16(12)30-3/h4-8,10,18H,9H2,1-3H3,(H,26,28)(H2,25,27,31). The first-order valence-electron chi connectivity index (χ1n) is 8.94. The number of rotatable bonds is 7. The normalized spacial score (nSPS) is 12.0. The molecule has 1 atom stereocenters. The molecule has 0 aliphatic carbocycles. The largest absolute Gasteiger partial charge is 0.497 e. The second-order valence-electron chi connectivity index (χ2n) is 6.45. The maximum Gasteiger partial charge on any atom is 0.228 e. The minimum atomic E-state index is -1.85. The summed E-state index contributed by atoms with van der Waals surface area (Å²) in [6.07, 6.45) is -1.07. The van der Waals surface area contributed by atoms with Crippen LogP contribution >= 0.6 is 69.6 Å². The lowest BCUT2D eigenvalue weighted by Crippen LogP contribution is -2.56.